The average molecular weight is 225 g/mol. The van der Waals surface area contributed by atoms with E-state index in [9.17, 15) is 18.0 Å². The minimum absolute atomic E-state index is 0.318. The van der Waals surface area contributed by atoms with Crippen molar-refractivity contribution < 1.29 is 22.6 Å². The Morgan fingerprint density at radius 3 is 1.93 bits per heavy atom. The number of carbonyl (C=O) groups is 2. The molecule has 0 heterocycles. The fourth-order valence-electron chi connectivity index (χ4n) is 0.640. The summed E-state index contributed by atoms with van der Waals surface area (Å²) in [5.74, 6) is 0. The molecule has 0 aliphatic heterocycles. The number of rotatable bonds is 3. The SMILES string of the molecule is CC(CN(C(N)=O)C(N)=O)S(=O)(=O)O. The molecule has 8 nitrogen and oxygen atoms in total. The molecule has 4 amide bonds. The van der Waals surface area contributed by atoms with Crippen molar-refractivity contribution in [1.29, 1.82) is 0 Å². The molecule has 0 saturated heterocycles. The van der Waals surface area contributed by atoms with Gasteiger partial charge in [0.25, 0.3) is 10.1 Å². The maximum atomic E-state index is 10.6. The third-order valence-electron chi connectivity index (χ3n) is 1.48. The summed E-state index contributed by atoms with van der Waals surface area (Å²) in [5, 5.41) is -1.33. The molecule has 82 valence electrons. The molecular weight excluding hydrogens is 214 g/mol. The summed E-state index contributed by atoms with van der Waals surface area (Å²) in [7, 11) is -4.32. The summed E-state index contributed by atoms with van der Waals surface area (Å²) in [6, 6.07) is -2.35. The fraction of sp³-hybridized carbons (Fsp3) is 0.600. The Morgan fingerprint density at radius 2 is 1.71 bits per heavy atom. The summed E-state index contributed by atoms with van der Waals surface area (Å²) in [5.41, 5.74) is 9.48. The maximum Gasteiger partial charge on any atom is 0.322 e. The molecule has 0 rings (SSSR count). The van der Waals surface area contributed by atoms with E-state index < -0.39 is 34.0 Å². The van der Waals surface area contributed by atoms with E-state index in [2.05, 4.69) is 0 Å². The van der Waals surface area contributed by atoms with Crippen molar-refractivity contribution in [2.24, 2.45) is 11.5 Å². The van der Waals surface area contributed by atoms with Crippen molar-refractivity contribution in [3.05, 3.63) is 0 Å². The van der Waals surface area contributed by atoms with Gasteiger partial charge in [0.05, 0.1) is 6.54 Å². The number of nitrogens with zero attached hydrogens (tertiary/aromatic N) is 1. The first-order valence-electron chi connectivity index (χ1n) is 3.49. The van der Waals surface area contributed by atoms with E-state index in [4.69, 9.17) is 16.0 Å². The van der Waals surface area contributed by atoms with E-state index in [1.807, 2.05) is 0 Å². The van der Waals surface area contributed by atoms with Crippen LogP contribution in [0.15, 0.2) is 0 Å². The highest BCUT2D eigenvalue weighted by molar-refractivity contribution is 7.86. The Balaban J connectivity index is 4.64. The summed E-state index contributed by atoms with van der Waals surface area (Å²) in [6.07, 6.45) is 0. The third-order valence-corrected chi connectivity index (χ3v) is 2.65. The zero-order valence-electron chi connectivity index (χ0n) is 7.37. The Morgan fingerprint density at radius 1 is 1.36 bits per heavy atom. The van der Waals surface area contributed by atoms with Gasteiger partial charge in [0.15, 0.2) is 0 Å². The van der Waals surface area contributed by atoms with Gasteiger partial charge in [-0.25, -0.2) is 14.5 Å². The van der Waals surface area contributed by atoms with Gasteiger partial charge in [0, 0.05) is 0 Å². The van der Waals surface area contributed by atoms with E-state index in [0.29, 0.717) is 4.90 Å². The molecule has 0 radical (unpaired) electrons. The van der Waals surface area contributed by atoms with Gasteiger partial charge in [-0.2, -0.15) is 8.42 Å². The normalized spacial score (nSPS) is 13.3. The van der Waals surface area contributed by atoms with E-state index >= 15 is 0 Å². The molecule has 0 aromatic rings. The lowest BCUT2D eigenvalue weighted by Gasteiger charge is -2.18. The standard InChI is InChI=1S/C5H11N3O5S/c1-3(14(11,12)13)2-8(4(6)9)5(7)10/h3H,2H2,1H3,(H2,6,9)(H2,7,10)(H,11,12,13). The fourth-order valence-corrected chi connectivity index (χ4v) is 0.977. The van der Waals surface area contributed by atoms with Crippen molar-refractivity contribution in [3.8, 4) is 0 Å². The van der Waals surface area contributed by atoms with E-state index in [0.717, 1.165) is 6.92 Å². The predicted molar refractivity (Wildman–Crippen MR) is 46.9 cm³/mol. The molecule has 0 aromatic heterocycles. The second-order valence-corrected chi connectivity index (χ2v) is 4.45. The number of amides is 4. The zero-order valence-corrected chi connectivity index (χ0v) is 8.19. The second-order valence-electron chi connectivity index (χ2n) is 2.61. The van der Waals surface area contributed by atoms with Crippen molar-refractivity contribution >= 4 is 22.2 Å². The summed E-state index contributed by atoms with van der Waals surface area (Å²) < 4.78 is 29.6. The Bertz CT molecular complexity index is 323. The molecule has 0 saturated carbocycles. The van der Waals surface area contributed by atoms with Crippen molar-refractivity contribution in [2.75, 3.05) is 6.54 Å². The highest BCUT2D eigenvalue weighted by Crippen LogP contribution is 2.01. The van der Waals surface area contributed by atoms with Crippen molar-refractivity contribution in [2.45, 2.75) is 12.2 Å². The van der Waals surface area contributed by atoms with Crippen LogP contribution in [0.25, 0.3) is 0 Å². The molecule has 0 bridgehead atoms. The van der Waals surface area contributed by atoms with Crippen LogP contribution in [0.2, 0.25) is 0 Å². The molecule has 14 heavy (non-hydrogen) atoms. The maximum absolute atomic E-state index is 10.6. The molecule has 0 aromatic carbocycles. The van der Waals surface area contributed by atoms with Gasteiger partial charge in [-0.1, -0.05) is 0 Å². The Labute approximate surface area is 80.6 Å². The van der Waals surface area contributed by atoms with Gasteiger partial charge in [-0.3, -0.25) is 4.55 Å². The molecule has 0 fully saturated rings. The first kappa shape index (κ1) is 12.7. The van der Waals surface area contributed by atoms with E-state index in [1.54, 1.807) is 0 Å². The molecule has 0 aliphatic rings. The van der Waals surface area contributed by atoms with E-state index in [1.165, 1.54) is 0 Å². The third kappa shape index (κ3) is 3.58. The number of carbonyl (C=O) groups excluding carboxylic acids is 2. The monoisotopic (exact) mass is 225 g/mol. The Kier molecular flexibility index (Phi) is 3.83. The molecule has 5 N–H and O–H groups in total. The molecule has 9 heteroatoms. The Hall–Kier alpha value is -1.35. The van der Waals surface area contributed by atoms with Crippen LogP contribution < -0.4 is 11.5 Å². The van der Waals surface area contributed by atoms with Crippen molar-refractivity contribution in [3.63, 3.8) is 0 Å². The zero-order chi connectivity index (χ0) is 11.5. The lowest BCUT2D eigenvalue weighted by molar-refractivity contribution is 0.197. The molecule has 0 aliphatic carbocycles. The topological polar surface area (TPSA) is 144 Å². The van der Waals surface area contributed by atoms with Gasteiger partial charge >= 0.3 is 12.1 Å². The first-order valence-corrected chi connectivity index (χ1v) is 4.99. The predicted octanol–water partition coefficient (Wildman–Crippen LogP) is -1.28. The summed E-state index contributed by atoms with van der Waals surface area (Å²) in [4.78, 5) is 21.5. The summed E-state index contributed by atoms with van der Waals surface area (Å²) in [6.45, 7) is 0.526. The number of hydrogen-bond acceptors (Lipinski definition) is 4. The van der Waals surface area contributed by atoms with Gasteiger partial charge in [0.2, 0.25) is 0 Å². The van der Waals surface area contributed by atoms with Crippen LogP contribution in [0.5, 0.6) is 0 Å². The number of hydrogen-bond donors (Lipinski definition) is 3. The van der Waals surface area contributed by atoms with E-state index in [-0.39, 0.29) is 0 Å². The average Bonchev–Trinajstić information content (AvgIpc) is 1.96. The number of primary amides is 2. The molecule has 0 spiro atoms. The lowest BCUT2D eigenvalue weighted by Crippen LogP contribution is -2.48. The smallest absolute Gasteiger partial charge is 0.322 e. The van der Waals surface area contributed by atoms with Gasteiger partial charge in [0.1, 0.15) is 5.25 Å². The molecule has 1 atom stereocenters. The van der Waals surface area contributed by atoms with Gasteiger partial charge in [-0.05, 0) is 6.92 Å². The first-order chi connectivity index (χ1) is 6.16. The quantitative estimate of drug-likeness (QED) is 0.512. The van der Waals surface area contributed by atoms with Crippen LogP contribution in [0.1, 0.15) is 6.92 Å². The summed E-state index contributed by atoms with van der Waals surface area (Å²) >= 11 is 0. The highest BCUT2D eigenvalue weighted by atomic mass is 32.2. The van der Waals surface area contributed by atoms with Crippen LogP contribution in [0, 0.1) is 0 Å². The van der Waals surface area contributed by atoms with Crippen molar-refractivity contribution in [1.82, 2.24) is 4.90 Å². The number of nitrogens with two attached hydrogens (primary N) is 2. The minimum atomic E-state index is -4.32. The van der Waals surface area contributed by atoms with Crippen LogP contribution in [-0.4, -0.2) is 41.7 Å². The van der Waals surface area contributed by atoms with Crippen LogP contribution in [0.3, 0.4) is 0 Å². The van der Waals surface area contributed by atoms with Crippen LogP contribution in [0.4, 0.5) is 9.59 Å². The van der Waals surface area contributed by atoms with Crippen LogP contribution in [-0.2, 0) is 10.1 Å². The largest absolute Gasteiger partial charge is 0.351 e. The number of imide groups is 1. The minimum Gasteiger partial charge on any atom is -0.351 e. The number of urea groups is 2. The molecule has 1 unspecified atom stereocenters. The van der Waals surface area contributed by atoms with Gasteiger partial charge in [-0.15, -0.1) is 0 Å². The van der Waals surface area contributed by atoms with Crippen LogP contribution >= 0.6 is 0 Å². The van der Waals surface area contributed by atoms with Gasteiger partial charge < -0.3 is 11.5 Å². The second kappa shape index (κ2) is 4.24. The lowest BCUT2D eigenvalue weighted by atomic mass is 10.4. The molecular formula is C5H11N3O5S. The highest BCUT2D eigenvalue weighted by Gasteiger charge is 2.25.